The summed E-state index contributed by atoms with van der Waals surface area (Å²) >= 11 is 0. The van der Waals surface area contributed by atoms with Crippen LogP contribution in [0.2, 0.25) is 0 Å². The minimum atomic E-state index is 0.819. The topological polar surface area (TPSA) is 29.0 Å². The maximum Gasteiger partial charge on any atom is 0.225 e. The third-order valence-electron chi connectivity index (χ3n) is 3.56. The van der Waals surface area contributed by atoms with E-state index in [0.717, 1.165) is 35.7 Å². The Morgan fingerprint density at radius 2 is 1.67 bits per heavy atom. The fourth-order valence-corrected chi connectivity index (χ4v) is 2.44. The van der Waals surface area contributed by atoms with Crippen molar-refractivity contribution in [1.82, 2.24) is 9.97 Å². The van der Waals surface area contributed by atoms with Gasteiger partial charge in [0.2, 0.25) is 5.95 Å². The van der Waals surface area contributed by atoms with Gasteiger partial charge in [-0.25, -0.2) is 9.97 Å². The number of aromatic nitrogens is 2. The first kappa shape index (κ1) is 13.6. The minimum absolute atomic E-state index is 0.819. The quantitative estimate of drug-likeness (QED) is 0.750. The normalized spacial score (nSPS) is 14.4. The van der Waals surface area contributed by atoms with E-state index in [0.29, 0.717) is 0 Å². The lowest BCUT2D eigenvalue weighted by Gasteiger charge is -2.26. The molecule has 1 aliphatic rings. The van der Waals surface area contributed by atoms with Crippen molar-refractivity contribution in [2.75, 3.05) is 18.0 Å². The smallest absolute Gasteiger partial charge is 0.225 e. The maximum absolute atomic E-state index is 4.43. The molecule has 0 bridgehead atoms. The van der Waals surface area contributed by atoms with Gasteiger partial charge in [-0.3, -0.25) is 0 Å². The van der Waals surface area contributed by atoms with Crippen LogP contribution in [-0.2, 0) is 0 Å². The first-order valence-corrected chi connectivity index (χ1v) is 7.32. The van der Waals surface area contributed by atoms with Crippen LogP contribution in [0.25, 0.3) is 0 Å². The van der Waals surface area contributed by atoms with Gasteiger partial charge < -0.3 is 4.90 Å². The van der Waals surface area contributed by atoms with E-state index in [9.17, 15) is 0 Å². The minimum Gasteiger partial charge on any atom is -0.341 e. The summed E-state index contributed by atoms with van der Waals surface area (Å²) in [7, 11) is 0. The van der Waals surface area contributed by atoms with Gasteiger partial charge in [-0.2, -0.15) is 0 Å². The molecule has 1 radical (unpaired) electrons. The van der Waals surface area contributed by atoms with Crippen molar-refractivity contribution in [2.24, 2.45) is 0 Å². The zero-order chi connectivity index (χ0) is 14.5. The number of anilines is 1. The fraction of sp³-hybridized carbons (Fsp3) is 0.278. The number of rotatable bonds is 1. The number of hydrogen-bond donors (Lipinski definition) is 0. The molecule has 1 fully saturated rings. The van der Waals surface area contributed by atoms with Gasteiger partial charge in [0.15, 0.2) is 0 Å². The van der Waals surface area contributed by atoms with Crippen LogP contribution < -0.4 is 4.90 Å². The highest BCUT2D eigenvalue weighted by molar-refractivity contribution is 5.44. The maximum atomic E-state index is 4.43. The van der Waals surface area contributed by atoms with Crippen molar-refractivity contribution < 1.29 is 0 Å². The number of nitrogens with zero attached hydrogens (tertiary/aromatic N) is 3. The molecule has 3 nitrogen and oxygen atoms in total. The van der Waals surface area contributed by atoms with Crippen LogP contribution in [0.3, 0.4) is 0 Å². The average molecular weight is 276 g/mol. The van der Waals surface area contributed by atoms with Crippen LogP contribution in [0.15, 0.2) is 36.7 Å². The molecule has 1 aliphatic heterocycles. The second kappa shape index (κ2) is 6.41. The molecule has 3 heteroatoms. The van der Waals surface area contributed by atoms with E-state index in [2.05, 4.69) is 33.6 Å². The highest BCUT2D eigenvalue weighted by atomic mass is 15.2. The largest absolute Gasteiger partial charge is 0.341 e. The third-order valence-corrected chi connectivity index (χ3v) is 3.56. The Labute approximate surface area is 126 Å². The SMILES string of the molecule is [CH2]c1cccc(C#Cc2cnc(N3CCCCC3)nc2)c1. The van der Waals surface area contributed by atoms with E-state index >= 15 is 0 Å². The van der Waals surface area contributed by atoms with E-state index in [1.807, 2.05) is 24.3 Å². The standard InChI is InChI=1S/C18H18N3/c1-15-6-5-7-16(12-15)8-9-17-13-19-18(20-14-17)21-10-3-2-4-11-21/h5-7,12-14H,1-4,10-11H2. The molecule has 1 aromatic carbocycles. The van der Waals surface area contributed by atoms with Gasteiger partial charge in [-0.05, 0) is 43.9 Å². The van der Waals surface area contributed by atoms with Gasteiger partial charge in [0, 0.05) is 31.0 Å². The van der Waals surface area contributed by atoms with Crippen LogP contribution in [0.4, 0.5) is 5.95 Å². The number of benzene rings is 1. The van der Waals surface area contributed by atoms with E-state index in [4.69, 9.17) is 0 Å². The van der Waals surface area contributed by atoms with Crippen molar-refractivity contribution in [1.29, 1.82) is 0 Å². The van der Waals surface area contributed by atoms with Gasteiger partial charge >= 0.3 is 0 Å². The highest BCUT2D eigenvalue weighted by Gasteiger charge is 2.12. The predicted octanol–water partition coefficient (Wildman–Crippen LogP) is 3.05. The lowest BCUT2D eigenvalue weighted by atomic mass is 10.1. The summed E-state index contributed by atoms with van der Waals surface area (Å²) in [6.07, 6.45) is 7.38. The Morgan fingerprint density at radius 3 is 2.38 bits per heavy atom. The Hall–Kier alpha value is -2.34. The van der Waals surface area contributed by atoms with E-state index in [1.54, 1.807) is 12.4 Å². The van der Waals surface area contributed by atoms with Crippen molar-refractivity contribution >= 4 is 5.95 Å². The molecule has 105 valence electrons. The van der Waals surface area contributed by atoms with Crippen molar-refractivity contribution in [3.8, 4) is 11.8 Å². The summed E-state index contributed by atoms with van der Waals surface area (Å²) in [5.41, 5.74) is 2.77. The lowest BCUT2D eigenvalue weighted by Crippen LogP contribution is -2.30. The first-order chi connectivity index (χ1) is 10.3. The molecule has 2 heterocycles. The van der Waals surface area contributed by atoms with Gasteiger partial charge in [0.25, 0.3) is 0 Å². The van der Waals surface area contributed by atoms with E-state index in [1.165, 1.54) is 19.3 Å². The zero-order valence-electron chi connectivity index (χ0n) is 12.0. The lowest BCUT2D eigenvalue weighted by molar-refractivity contribution is 0.568. The van der Waals surface area contributed by atoms with E-state index < -0.39 is 0 Å². The van der Waals surface area contributed by atoms with Gasteiger partial charge in [-0.1, -0.05) is 24.0 Å². The Bertz CT molecular complexity index is 659. The molecule has 0 saturated carbocycles. The molecule has 3 rings (SSSR count). The van der Waals surface area contributed by atoms with Gasteiger partial charge in [-0.15, -0.1) is 0 Å². The van der Waals surface area contributed by atoms with Gasteiger partial charge in [0.05, 0.1) is 5.56 Å². The third kappa shape index (κ3) is 3.61. The summed E-state index contributed by atoms with van der Waals surface area (Å²) in [6, 6.07) is 7.87. The van der Waals surface area contributed by atoms with Crippen molar-refractivity contribution in [2.45, 2.75) is 19.3 Å². The molecular formula is C18H18N3. The molecule has 2 aromatic rings. The second-order valence-corrected chi connectivity index (χ2v) is 5.27. The Balaban J connectivity index is 1.73. The summed E-state index contributed by atoms with van der Waals surface area (Å²) in [6.45, 7) is 6.02. The molecule has 0 atom stereocenters. The molecule has 0 spiro atoms. The van der Waals surface area contributed by atoms with Gasteiger partial charge in [0.1, 0.15) is 0 Å². The summed E-state index contributed by atoms with van der Waals surface area (Å²) in [5.74, 6) is 7.03. The van der Waals surface area contributed by atoms with Crippen LogP contribution in [0.1, 0.15) is 36.0 Å². The van der Waals surface area contributed by atoms with Crippen LogP contribution >= 0.6 is 0 Å². The summed E-state index contributed by atoms with van der Waals surface area (Å²) < 4.78 is 0. The molecule has 0 amide bonds. The number of hydrogen-bond acceptors (Lipinski definition) is 3. The Kier molecular flexibility index (Phi) is 4.16. The highest BCUT2D eigenvalue weighted by Crippen LogP contribution is 2.14. The first-order valence-electron chi connectivity index (χ1n) is 7.32. The van der Waals surface area contributed by atoms with Crippen molar-refractivity contribution in [3.05, 3.63) is 60.3 Å². The number of piperidine rings is 1. The monoisotopic (exact) mass is 276 g/mol. The van der Waals surface area contributed by atoms with Crippen LogP contribution in [0, 0.1) is 18.8 Å². The van der Waals surface area contributed by atoms with E-state index in [-0.39, 0.29) is 0 Å². The van der Waals surface area contributed by atoms with Crippen LogP contribution in [0.5, 0.6) is 0 Å². The van der Waals surface area contributed by atoms with Crippen LogP contribution in [-0.4, -0.2) is 23.1 Å². The summed E-state index contributed by atoms with van der Waals surface area (Å²) in [4.78, 5) is 11.1. The molecular weight excluding hydrogens is 258 g/mol. The molecule has 0 N–H and O–H groups in total. The molecule has 0 aliphatic carbocycles. The molecule has 1 saturated heterocycles. The average Bonchev–Trinajstić information content (AvgIpc) is 2.54. The summed E-state index contributed by atoms with van der Waals surface area (Å²) in [5, 5.41) is 0. The molecule has 0 unspecified atom stereocenters. The van der Waals surface area contributed by atoms with Crippen molar-refractivity contribution in [3.63, 3.8) is 0 Å². The zero-order valence-corrected chi connectivity index (χ0v) is 12.0. The molecule has 21 heavy (non-hydrogen) atoms. The second-order valence-electron chi connectivity index (χ2n) is 5.27. The Morgan fingerprint density at radius 1 is 0.952 bits per heavy atom. The molecule has 1 aromatic heterocycles. The fourth-order valence-electron chi connectivity index (χ4n) is 2.44. The predicted molar refractivity (Wildman–Crippen MR) is 85.0 cm³/mol.